The van der Waals surface area contributed by atoms with Gasteiger partial charge in [-0.2, -0.15) is 18.3 Å². The fourth-order valence-corrected chi connectivity index (χ4v) is 4.84. The number of hydrogen-bond donors (Lipinski definition) is 1. The molecule has 5 rings (SSSR count). The number of allylic oxidation sites excluding steroid dienone is 1. The zero-order valence-electron chi connectivity index (χ0n) is 18.8. The third kappa shape index (κ3) is 3.92. The minimum absolute atomic E-state index is 0.258. The summed E-state index contributed by atoms with van der Waals surface area (Å²) < 4.78 is 61.4. The second-order valence-electron chi connectivity index (χ2n) is 8.49. The van der Waals surface area contributed by atoms with Crippen molar-refractivity contribution >= 4 is 37.7 Å². The standard InChI is InChI=1S/C27H20BrF4N3O/c1-2-3-12-34-16-23(22-10-5-19(28)14-25(22)34)26(36,27(30,31)32)18-4-11-24-17(13-18)15-33-35(24)21-8-6-20(29)7-9-21/h2,4-11,13-16,36H,1,3,12H2. The van der Waals surface area contributed by atoms with E-state index in [1.807, 2.05) is 0 Å². The lowest BCUT2D eigenvalue weighted by molar-refractivity contribution is -0.247. The Balaban J connectivity index is 1.70. The van der Waals surface area contributed by atoms with Gasteiger partial charge in [-0.15, -0.1) is 6.58 Å². The highest BCUT2D eigenvalue weighted by molar-refractivity contribution is 9.10. The number of nitrogens with zero attached hydrogens (tertiary/aromatic N) is 3. The zero-order valence-corrected chi connectivity index (χ0v) is 20.4. The predicted molar refractivity (Wildman–Crippen MR) is 135 cm³/mol. The van der Waals surface area contributed by atoms with Gasteiger partial charge >= 0.3 is 6.18 Å². The summed E-state index contributed by atoms with van der Waals surface area (Å²) >= 11 is 3.38. The number of aryl methyl sites for hydroxylation is 1. The van der Waals surface area contributed by atoms with E-state index in [0.717, 1.165) is 0 Å². The minimum Gasteiger partial charge on any atom is -0.372 e. The zero-order chi connectivity index (χ0) is 25.7. The third-order valence-corrected chi connectivity index (χ3v) is 6.77. The summed E-state index contributed by atoms with van der Waals surface area (Å²) in [6, 6.07) is 14.6. The van der Waals surface area contributed by atoms with Crippen molar-refractivity contribution in [3.8, 4) is 5.69 Å². The normalized spacial score (nSPS) is 13.8. The van der Waals surface area contributed by atoms with Crippen LogP contribution in [0, 0.1) is 5.82 Å². The van der Waals surface area contributed by atoms with E-state index in [-0.39, 0.29) is 11.1 Å². The van der Waals surface area contributed by atoms with Gasteiger partial charge in [0.2, 0.25) is 5.60 Å². The average Bonchev–Trinajstić information content (AvgIpc) is 3.43. The molecular formula is C27H20BrF4N3O. The van der Waals surface area contributed by atoms with Gasteiger partial charge in [0.25, 0.3) is 0 Å². The molecule has 0 aliphatic rings. The van der Waals surface area contributed by atoms with E-state index in [4.69, 9.17) is 0 Å². The van der Waals surface area contributed by atoms with Crippen LogP contribution in [0.3, 0.4) is 0 Å². The molecule has 2 aromatic heterocycles. The van der Waals surface area contributed by atoms with E-state index in [0.29, 0.717) is 44.9 Å². The van der Waals surface area contributed by atoms with Gasteiger partial charge in [0, 0.05) is 39.1 Å². The molecule has 0 fully saturated rings. The molecule has 0 spiro atoms. The second-order valence-corrected chi connectivity index (χ2v) is 9.41. The maximum Gasteiger partial charge on any atom is 0.425 e. The molecule has 0 saturated heterocycles. The number of fused-ring (bicyclic) bond motifs is 2. The first-order valence-corrected chi connectivity index (χ1v) is 11.9. The van der Waals surface area contributed by atoms with Crippen LogP contribution in [-0.2, 0) is 12.1 Å². The Morgan fingerprint density at radius 2 is 1.75 bits per heavy atom. The molecule has 9 heteroatoms. The first-order valence-electron chi connectivity index (χ1n) is 11.1. The molecule has 2 heterocycles. The van der Waals surface area contributed by atoms with E-state index < -0.39 is 17.6 Å². The molecular weight excluding hydrogens is 538 g/mol. The number of alkyl halides is 3. The van der Waals surface area contributed by atoms with E-state index in [9.17, 15) is 22.7 Å². The molecule has 1 atom stereocenters. The summed E-state index contributed by atoms with van der Waals surface area (Å²) in [7, 11) is 0. The van der Waals surface area contributed by atoms with Gasteiger partial charge < -0.3 is 9.67 Å². The van der Waals surface area contributed by atoms with Crippen molar-refractivity contribution in [3.05, 3.63) is 107 Å². The van der Waals surface area contributed by atoms with Crippen molar-refractivity contribution in [2.24, 2.45) is 0 Å². The third-order valence-electron chi connectivity index (χ3n) is 6.28. The number of aliphatic hydroxyl groups is 1. The Morgan fingerprint density at radius 3 is 2.44 bits per heavy atom. The van der Waals surface area contributed by atoms with Crippen molar-refractivity contribution in [2.45, 2.75) is 24.7 Å². The summed E-state index contributed by atoms with van der Waals surface area (Å²) in [5.74, 6) is -0.410. The molecule has 1 unspecified atom stereocenters. The number of aromatic nitrogens is 3. The van der Waals surface area contributed by atoms with E-state index in [1.165, 1.54) is 59.5 Å². The first-order chi connectivity index (χ1) is 17.1. The topological polar surface area (TPSA) is 43.0 Å². The Labute approximate surface area is 212 Å². The van der Waals surface area contributed by atoms with Gasteiger partial charge in [0.1, 0.15) is 5.82 Å². The molecule has 0 aliphatic carbocycles. The summed E-state index contributed by atoms with van der Waals surface area (Å²) in [6.07, 6.45) is 0.00278. The summed E-state index contributed by atoms with van der Waals surface area (Å²) in [5.41, 5.74) is -2.22. The molecule has 0 amide bonds. The Bertz CT molecular complexity index is 1590. The van der Waals surface area contributed by atoms with Gasteiger partial charge in [-0.05, 0) is 60.5 Å². The quantitative estimate of drug-likeness (QED) is 0.176. The fraction of sp³-hybridized carbons (Fsp3) is 0.148. The smallest absolute Gasteiger partial charge is 0.372 e. The van der Waals surface area contributed by atoms with Crippen LogP contribution in [0.2, 0.25) is 0 Å². The maximum atomic E-state index is 14.7. The van der Waals surface area contributed by atoms with Crippen LogP contribution in [0.15, 0.2) is 90.2 Å². The lowest BCUT2D eigenvalue weighted by Gasteiger charge is -2.31. The van der Waals surface area contributed by atoms with Crippen molar-refractivity contribution in [2.75, 3.05) is 0 Å². The Hall–Kier alpha value is -3.43. The summed E-state index contributed by atoms with van der Waals surface area (Å²) in [5, 5.41) is 16.4. The summed E-state index contributed by atoms with van der Waals surface area (Å²) in [6.45, 7) is 4.10. The van der Waals surface area contributed by atoms with Gasteiger partial charge in [-0.3, -0.25) is 0 Å². The molecule has 0 aliphatic heterocycles. The van der Waals surface area contributed by atoms with Crippen LogP contribution in [0.5, 0.6) is 0 Å². The van der Waals surface area contributed by atoms with Crippen LogP contribution >= 0.6 is 15.9 Å². The molecule has 0 bridgehead atoms. The molecule has 1 N–H and O–H groups in total. The summed E-state index contributed by atoms with van der Waals surface area (Å²) in [4.78, 5) is 0. The largest absolute Gasteiger partial charge is 0.425 e. The van der Waals surface area contributed by atoms with Crippen LogP contribution < -0.4 is 0 Å². The molecule has 5 aromatic rings. The van der Waals surface area contributed by atoms with Gasteiger partial charge in [0.05, 0.1) is 17.4 Å². The van der Waals surface area contributed by atoms with Crippen molar-refractivity contribution in [1.82, 2.24) is 14.3 Å². The van der Waals surface area contributed by atoms with Crippen molar-refractivity contribution in [1.29, 1.82) is 0 Å². The van der Waals surface area contributed by atoms with Crippen LogP contribution in [0.4, 0.5) is 17.6 Å². The predicted octanol–water partition coefficient (Wildman–Crippen LogP) is 7.26. The molecule has 0 saturated carbocycles. The molecule has 4 nitrogen and oxygen atoms in total. The monoisotopic (exact) mass is 557 g/mol. The maximum absolute atomic E-state index is 14.7. The number of halogens is 5. The van der Waals surface area contributed by atoms with E-state index in [1.54, 1.807) is 28.8 Å². The van der Waals surface area contributed by atoms with Crippen LogP contribution in [0.1, 0.15) is 17.5 Å². The molecule has 3 aromatic carbocycles. The highest BCUT2D eigenvalue weighted by Crippen LogP contribution is 2.48. The van der Waals surface area contributed by atoms with Gasteiger partial charge in [0.15, 0.2) is 0 Å². The fourth-order valence-electron chi connectivity index (χ4n) is 4.49. The lowest BCUT2D eigenvalue weighted by Crippen LogP contribution is -2.43. The lowest BCUT2D eigenvalue weighted by atomic mass is 9.85. The van der Waals surface area contributed by atoms with E-state index >= 15 is 0 Å². The SMILES string of the molecule is C=CCCn1cc(C(O)(c2ccc3c(cnn3-c3ccc(F)cc3)c2)C(F)(F)F)c2ccc(Br)cc21. The highest BCUT2D eigenvalue weighted by atomic mass is 79.9. The minimum atomic E-state index is -5.02. The van der Waals surface area contributed by atoms with Gasteiger partial charge in [-0.1, -0.05) is 34.1 Å². The first kappa shape index (κ1) is 24.3. The molecule has 0 radical (unpaired) electrons. The number of rotatable bonds is 6. The molecule has 36 heavy (non-hydrogen) atoms. The van der Waals surface area contributed by atoms with Gasteiger partial charge in [-0.25, -0.2) is 9.07 Å². The Morgan fingerprint density at radius 1 is 1.00 bits per heavy atom. The Kier molecular flexibility index (Phi) is 6.00. The second kappa shape index (κ2) is 8.90. The number of hydrogen-bond acceptors (Lipinski definition) is 2. The van der Waals surface area contributed by atoms with Crippen molar-refractivity contribution in [3.63, 3.8) is 0 Å². The molecule has 184 valence electrons. The van der Waals surface area contributed by atoms with Crippen molar-refractivity contribution < 1.29 is 22.7 Å². The van der Waals surface area contributed by atoms with Crippen LogP contribution in [0.25, 0.3) is 27.5 Å². The average molecular weight is 558 g/mol. The van der Waals surface area contributed by atoms with Crippen LogP contribution in [-0.4, -0.2) is 25.6 Å². The van der Waals surface area contributed by atoms with E-state index in [2.05, 4.69) is 27.6 Å². The number of benzene rings is 3. The highest BCUT2D eigenvalue weighted by Gasteiger charge is 2.57.